The molecule has 0 fully saturated rings. The van der Waals surface area contributed by atoms with Gasteiger partial charge >= 0.3 is 6.18 Å². The lowest BCUT2D eigenvalue weighted by Crippen LogP contribution is -2.15. The average Bonchev–Trinajstić information content (AvgIpc) is 3.17. The Morgan fingerprint density at radius 3 is 2.32 bits per heavy atom. The number of hydrogen-bond donors (Lipinski definition) is 1. The molecule has 2 heterocycles. The number of amides is 1. The number of nitrogens with one attached hydrogen (secondary N) is 1. The predicted octanol–water partition coefficient (Wildman–Crippen LogP) is 5.79. The van der Waals surface area contributed by atoms with Gasteiger partial charge in [0.25, 0.3) is 5.91 Å². The van der Waals surface area contributed by atoms with E-state index in [0.717, 1.165) is 17.8 Å². The Labute approximate surface area is 176 Å². The molecule has 0 aliphatic heterocycles. The first-order valence-electron chi connectivity index (χ1n) is 9.67. The van der Waals surface area contributed by atoms with Crippen molar-refractivity contribution in [3.63, 3.8) is 0 Å². The van der Waals surface area contributed by atoms with Crippen molar-refractivity contribution < 1.29 is 18.0 Å². The molecule has 0 bridgehead atoms. The molecule has 0 saturated carbocycles. The Morgan fingerprint density at radius 2 is 1.71 bits per heavy atom. The first-order chi connectivity index (χ1) is 14.7. The van der Waals surface area contributed by atoms with Gasteiger partial charge in [0.2, 0.25) is 0 Å². The van der Waals surface area contributed by atoms with Crippen LogP contribution in [-0.4, -0.2) is 20.5 Å². The molecule has 158 valence electrons. The van der Waals surface area contributed by atoms with Crippen molar-refractivity contribution in [3.8, 4) is 11.3 Å². The van der Waals surface area contributed by atoms with E-state index >= 15 is 0 Å². The smallest absolute Gasteiger partial charge is 0.322 e. The first kappa shape index (κ1) is 20.6. The zero-order valence-electron chi connectivity index (χ0n) is 16.8. The quantitative estimate of drug-likeness (QED) is 0.451. The minimum atomic E-state index is -4.67. The SMILES string of the molecule is CC(C)c1ccc(NC(=O)c2cnn3c(C(F)(F)F)cc(-c4ccccc4)nc23)cc1. The molecule has 5 nitrogen and oxygen atoms in total. The average molecular weight is 424 g/mol. The second-order valence-corrected chi connectivity index (χ2v) is 7.41. The Bertz CT molecular complexity index is 1230. The van der Waals surface area contributed by atoms with Crippen molar-refractivity contribution in [3.05, 3.63) is 83.7 Å². The second-order valence-electron chi connectivity index (χ2n) is 7.41. The minimum Gasteiger partial charge on any atom is -0.322 e. The molecule has 0 saturated heterocycles. The number of carbonyl (C=O) groups excluding carboxylic acids is 1. The number of nitrogens with zero attached hydrogens (tertiary/aromatic N) is 3. The number of halogens is 3. The number of rotatable bonds is 4. The van der Waals surface area contributed by atoms with Crippen LogP contribution in [0.4, 0.5) is 18.9 Å². The Hall–Kier alpha value is -3.68. The zero-order valence-corrected chi connectivity index (χ0v) is 16.8. The van der Waals surface area contributed by atoms with Crippen LogP contribution in [0, 0.1) is 0 Å². The van der Waals surface area contributed by atoms with E-state index in [2.05, 4.69) is 29.2 Å². The van der Waals surface area contributed by atoms with Gasteiger partial charge in [0.1, 0.15) is 5.56 Å². The van der Waals surface area contributed by atoms with Crippen LogP contribution in [0.1, 0.15) is 41.4 Å². The third-order valence-electron chi connectivity index (χ3n) is 4.91. The van der Waals surface area contributed by atoms with Crippen molar-refractivity contribution in [1.82, 2.24) is 14.6 Å². The van der Waals surface area contributed by atoms with Gasteiger partial charge in [0.05, 0.1) is 11.9 Å². The van der Waals surface area contributed by atoms with Crippen molar-refractivity contribution in [2.24, 2.45) is 0 Å². The molecule has 0 aliphatic carbocycles. The molecule has 0 aliphatic rings. The fraction of sp³-hybridized carbons (Fsp3) is 0.174. The molecule has 0 spiro atoms. The van der Waals surface area contributed by atoms with Gasteiger partial charge in [-0.1, -0.05) is 56.3 Å². The molecule has 0 radical (unpaired) electrons. The Kier molecular flexibility index (Phi) is 5.22. The normalized spacial score (nSPS) is 11.8. The van der Waals surface area contributed by atoms with Gasteiger partial charge in [-0.2, -0.15) is 18.3 Å². The molecule has 1 amide bonds. The molecule has 8 heteroatoms. The van der Waals surface area contributed by atoms with E-state index in [4.69, 9.17) is 0 Å². The van der Waals surface area contributed by atoms with Gasteiger partial charge in [-0.25, -0.2) is 9.50 Å². The first-order valence-corrected chi connectivity index (χ1v) is 9.67. The summed E-state index contributed by atoms with van der Waals surface area (Å²) in [7, 11) is 0. The number of anilines is 1. The van der Waals surface area contributed by atoms with Gasteiger partial charge in [-0.15, -0.1) is 0 Å². The Morgan fingerprint density at radius 1 is 1.03 bits per heavy atom. The van der Waals surface area contributed by atoms with Crippen LogP contribution in [0.15, 0.2) is 66.9 Å². The fourth-order valence-electron chi connectivity index (χ4n) is 3.23. The largest absolute Gasteiger partial charge is 0.433 e. The third-order valence-corrected chi connectivity index (χ3v) is 4.91. The number of carbonyl (C=O) groups is 1. The van der Waals surface area contributed by atoms with Crippen LogP contribution >= 0.6 is 0 Å². The van der Waals surface area contributed by atoms with Crippen LogP contribution in [0.2, 0.25) is 0 Å². The van der Waals surface area contributed by atoms with Crippen molar-refractivity contribution in [2.45, 2.75) is 25.9 Å². The molecule has 2 aromatic heterocycles. The highest BCUT2D eigenvalue weighted by Crippen LogP contribution is 2.32. The number of benzene rings is 2. The maximum absolute atomic E-state index is 13.7. The van der Waals surface area contributed by atoms with Gasteiger partial charge < -0.3 is 5.32 Å². The molecule has 1 N–H and O–H groups in total. The van der Waals surface area contributed by atoms with Gasteiger partial charge in [-0.3, -0.25) is 4.79 Å². The number of aromatic nitrogens is 3. The summed E-state index contributed by atoms with van der Waals surface area (Å²) >= 11 is 0. The number of hydrogen-bond acceptors (Lipinski definition) is 3. The molecule has 2 aromatic carbocycles. The van der Waals surface area contributed by atoms with Gasteiger partial charge in [0, 0.05) is 11.3 Å². The Balaban J connectivity index is 1.77. The van der Waals surface area contributed by atoms with Crippen molar-refractivity contribution in [1.29, 1.82) is 0 Å². The minimum absolute atomic E-state index is 0.0452. The lowest BCUT2D eigenvalue weighted by Gasteiger charge is -2.12. The van der Waals surface area contributed by atoms with E-state index < -0.39 is 17.8 Å². The van der Waals surface area contributed by atoms with E-state index in [1.807, 2.05) is 12.1 Å². The molecule has 4 aromatic rings. The van der Waals surface area contributed by atoms with Crippen LogP contribution in [0.5, 0.6) is 0 Å². The highest BCUT2D eigenvalue weighted by Gasteiger charge is 2.36. The van der Waals surface area contributed by atoms with E-state index in [1.54, 1.807) is 42.5 Å². The van der Waals surface area contributed by atoms with Crippen LogP contribution in [0.3, 0.4) is 0 Å². The summed E-state index contributed by atoms with van der Waals surface area (Å²) in [5.74, 6) is -0.246. The topological polar surface area (TPSA) is 59.3 Å². The predicted molar refractivity (Wildman–Crippen MR) is 112 cm³/mol. The maximum atomic E-state index is 13.7. The molecular formula is C23H19F3N4O. The monoisotopic (exact) mass is 424 g/mol. The van der Waals surface area contributed by atoms with Crippen molar-refractivity contribution >= 4 is 17.2 Å². The van der Waals surface area contributed by atoms with E-state index in [1.165, 1.54) is 0 Å². The zero-order chi connectivity index (χ0) is 22.2. The summed E-state index contributed by atoms with van der Waals surface area (Å²) in [6.07, 6.45) is -3.57. The third kappa shape index (κ3) is 4.14. The lowest BCUT2D eigenvalue weighted by molar-refractivity contribution is -0.142. The summed E-state index contributed by atoms with van der Waals surface area (Å²) in [6, 6.07) is 16.7. The second kappa shape index (κ2) is 7.86. The summed E-state index contributed by atoms with van der Waals surface area (Å²) in [6.45, 7) is 4.11. The van der Waals surface area contributed by atoms with Crippen LogP contribution < -0.4 is 5.32 Å². The number of alkyl halides is 3. The molecule has 4 rings (SSSR count). The maximum Gasteiger partial charge on any atom is 0.433 e. The van der Waals surface area contributed by atoms with Crippen LogP contribution in [0.25, 0.3) is 16.9 Å². The summed E-state index contributed by atoms with van der Waals surface area (Å²) in [4.78, 5) is 17.2. The summed E-state index contributed by atoms with van der Waals surface area (Å²) in [5.41, 5.74) is 1.04. The summed E-state index contributed by atoms with van der Waals surface area (Å²) in [5, 5.41) is 6.50. The lowest BCUT2D eigenvalue weighted by atomic mass is 10.0. The highest BCUT2D eigenvalue weighted by atomic mass is 19.4. The molecule has 0 unspecified atom stereocenters. The van der Waals surface area contributed by atoms with Gasteiger partial charge in [0.15, 0.2) is 11.3 Å². The summed E-state index contributed by atoms with van der Waals surface area (Å²) < 4.78 is 41.7. The number of fused-ring (bicyclic) bond motifs is 1. The molecule has 0 atom stereocenters. The standard InChI is InChI=1S/C23H19F3N4O/c1-14(2)15-8-10-17(11-9-15)28-22(31)18-13-27-30-20(23(24,25)26)12-19(29-21(18)30)16-6-4-3-5-7-16/h3-14H,1-2H3,(H,28,31). The highest BCUT2D eigenvalue weighted by molar-refractivity contribution is 6.08. The molecule has 31 heavy (non-hydrogen) atoms. The van der Waals surface area contributed by atoms with E-state index in [0.29, 0.717) is 21.7 Å². The van der Waals surface area contributed by atoms with Crippen LogP contribution in [-0.2, 0) is 6.18 Å². The van der Waals surface area contributed by atoms with E-state index in [9.17, 15) is 18.0 Å². The van der Waals surface area contributed by atoms with E-state index in [-0.39, 0.29) is 16.9 Å². The molecular weight excluding hydrogens is 405 g/mol. The fourth-order valence-corrected chi connectivity index (χ4v) is 3.23. The van der Waals surface area contributed by atoms with Crippen molar-refractivity contribution in [2.75, 3.05) is 5.32 Å². The van der Waals surface area contributed by atoms with Gasteiger partial charge in [-0.05, 0) is 29.7 Å².